The molecule has 0 rings (SSSR count). The lowest BCUT2D eigenvalue weighted by Crippen LogP contribution is -2.56. The quantitative estimate of drug-likeness (QED) is 0.616. The fraction of sp³-hybridized carbons (Fsp3) is 0.714. The van der Waals surface area contributed by atoms with Crippen molar-refractivity contribution in [1.82, 2.24) is 0 Å². The zero-order valence-corrected chi connectivity index (χ0v) is 8.19. The first-order valence-electron chi connectivity index (χ1n) is 3.78. The average Bonchev–Trinajstić information content (AvgIpc) is 2.13. The first kappa shape index (κ1) is 16.1. The molecule has 0 saturated heterocycles. The molecular weight excluding hydrogens is 265 g/mol. The molecule has 0 aliphatic heterocycles. The molecule has 10 heteroatoms. The minimum atomic E-state index is -6.08. The van der Waals surface area contributed by atoms with Crippen LogP contribution in [0.2, 0.25) is 0 Å². The minimum absolute atomic E-state index is 0.399. The Labute approximate surface area is 90.4 Å². The molecule has 0 bridgehead atoms. The van der Waals surface area contributed by atoms with Crippen LogP contribution >= 0.6 is 0 Å². The van der Waals surface area contributed by atoms with E-state index in [-0.39, 0.29) is 0 Å². The van der Waals surface area contributed by atoms with Gasteiger partial charge in [-0.05, 0) is 0 Å². The Hall–Kier alpha value is -0.870. The Balaban J connectivity index is 5.31. The van der Waals surface area contributed by atoms with E-state index in [0.29, 0.717) is 7.11 Å². The fourth-order valence-corrected chi connectivity index (χ4v) is 0.642. The van der Waals surface area contributed by atoms with Crippen molar-refractivity contribution in [3.05, 3.63) is 12.4 Å². The van der Waals surface area contributed by atoms with Crippen LogP contribution in [-0.2, 0) is 9.47 Å². The maximum atomic E-state index is 13.1. The van der Waals surface area contributed by atoms with Crippen LogP contribution < -0.4 is 0 Å². The van der Waals surface area contributed by atoms with Crippen LogP contribution in [0.15, 0.2) is 12.4 Å². The van der Waals surface area contributed by atoms with Crippen molar-refractivity contribution in [3.8, 4) is 0 Å². The standard InChI is InChI=1S/C7H7F7O3/c1-3(8)6(10,11)17-5(9,4(15)16-2)7(12,13)14/h4,15H,1H2,2H3. The summed E-state index contributed by atoms with van der Waals surface area (Å²) in [4.78, 5) is 0. The Bertz CT molecular complexity index is 290. The van der Waals surface area contributed by atoms with E-state index in [4.69, 9.17) is 5.11 Å². The molecule has 2 unspecified atom stereocenters. The van der Waals surface area contributed by atoms with Gasteiger partial charge in [-0.25, -0.2) is 4.39 Å². The molecular formula is C7H7F7O3. The molecule has 0 amide bonds. The Morgan fingerprint density at radius 1 is 1.18 bits per heavy atom. The molecule has 0 aliphatic carbocycles. The van der Waals surface area contributed by atoms with Crippen molar-refractivity contribution in [2.75, 3.05) is 7.11 Å². The van der Waals surface area contributed by atoms with Crippen LogP contribution in [0.3, 0.4) is 0 Å². The number of hydrogen-bond acceptors (Lipinski definition) is 3. The number of halogens is 7. The second kappa shape index (κ2) is 4.78. The molecule has 0 aliphatic rings. The van der Waals surface area contributed by atoms with E-state index in [1.54, 1.807) is 0 Å². The van der Waals surface area contributed by atoms with E-state index >= 15 is 0 Å². The highest BCUT2D eigenvalue weighted by atomic mass is 19.4. The van der Waals surface area contributed by atoms with E-state index < -0.39 is 30.3 Å². The number of aliphatic hydroxyl groups excluding tert-OH is 1. The maximum Gasteiger partial charge on any atom is 0.454 e. The molecule has 0 heterocycles. The van der Waals surface area contributed by atoms with Crippen molar-refractivity contribution < 1.29 is 45.3 Å². The molecule has 3 nitrogen and oxygen atoms in total. The van der Waals surface area contributed by atoms with Crippen LogP contribution in [-0.4, -0.2) is 36.6 Å². The maximum absolute atomic E-state index is 13.1. The number of ether oxygens (including phenoxy) is 2. The average molecular weight is 272 g/mol. The van der Waals surface area contributed by atoms with Crippen molar-refractivity contribution >= 4 is 0 Å². The van der Waals surface area contributed by atoms with Gasteiger partial charge in [0.25, 0.3) is 0 Å². The molecule has 0 spiro atoms. The Morgan fingerprint density at radius 3 is 1.82 bits per heavy atom. The van der Waals surface area contributed by atoms with Crippen LogP contribution in [0.25, 0.3) is 0 Å². The van der Waals surface area contributed by atoms with Gasteiger partial charge in [0.15, 0.2) is 5.83 Å². The van der Waals surface area contributed by atoms with Gasteiger partial charge in [0.2, 0.25) is 6.29 Å². The minimum Gasteiger partial charge on any atom is -0.363 e. The van der Waals surface area contributed by atoms with E-state index in [1.807, 2.05) is 6.58 Å². The summed E-state index contributed by atoms with van der Waals surface area (Å²) in [5.74, 6) is -7.97. The van der Waals surface area contributed by atoms with Crippen molar-refractivity contribution in [2.45, 2.75) is 24.4 Å². The van der Waals surface area contributed by atoms with Crippen molar-refractivity contribution in [1.29, 1.82) is 0 Å². The normalized spacial score (nSPS) is 18.6. The summed E-state index contributed by atoms with van der Waals surface area (Å²) in [6.07, 6.45) is -14.8. The lowest BCUT2D eigenvalue weighted by molar-refractivity contribution is -0.448. The van der Waals surface area contributed by atoms with Gasteiger partial charge in [0, 0.05) is 7.11 Å². The zero-order valence-electron chi connectivity index (χ0n) is 8.19. The molecule has 0 aromatic carbocycles. The van der Waals surface area contributed by atoms with Crippen molar-refractivity contribution in [3.63, 3.8) is 0 Å². The monoisotopic (exact) mass is 272 g/mol. The van der Waals surface area contributed by atoms with Crippen LogP contribution in [0.5, 0.6) is 0 Å². The third-order valence-electron chi connectivity index (χ3n) is 1.52. The summed E-state index contributed by atoms with van der Waals surface area (Å²) < 4.78 is 92.6. The van der Waals surface area contributed by atoms with Crippen LogP contribution in [0.4, 0.5) is 30.7 Å². The van der Waals surface area contributed by atoms with Gasteiger partial charge in [0.05, 0.1) is 0 Å². The highest BCUT2D eigenvalue weighted by Crippen LogP contribution is 2.43. The summed E-state index contributed by atoms with van der Waals surface area (Å²) in [6, 6.07) is 0. The predicted octanol–water partition coefficient (Wildman–Crippen LogP) is 2.27. The van der Waals surface area contributed by atoms with Gasteiger partial charge in [-0.3, -0.25) is 4.74 Å². The Morgan fingerprint density at radius 2 is 1.59 bits per heavy atom. The molecule has 0 fully saturated rings. The number of hydrogen-bond donors (Lipinski definition) is 1. The van der Waals surface area contributed by atoms with E-state index in [2.05, 4.69) is 9.47 Å². The van der Waals surface area contributed by atoms with Crippen LogP contribution in [0.1, 0.15) is 0 Å². The third kappa shape index (κ3) is 3.30. The summed E-state index contributed by atoms with van der Waals surface area (Å²) in [5, 5.41) is 8.53. The SMILES string of the molecule is C=C(F)C(F)(F)OC(F)(C(O)OC)C(F)(F)F. The molecule has 0 radical (unpaired) electrons. The second-order valence-corrected chi connectivity index (χ2v) is 2.75. The summed E-state index contributed by atoms with van der Waals surface area (Å²) in [7, 11) is 0.399. The highest BCUT2D eigenvalue weighted by Gasteiger charge is 2.67. The number of alkyl halides is 6. The number of methoxy groups -OCH3 is 1. The molecule has 102 valence electrons. The van der Waals surface area contributed by atoms with E-state index in [1.165, 1.54) is 0 Å². The summed E-state index contributed by atoms with van der Waals surface area (Å²) in [6.45, 7) is 1.98. The topological polar surface area (TPSA) is 38.7 Å². The largest absolute Gasteiger partial charge is 0.454 e. The van der Waals surface area contributed by atoms with E-state index in [0.717, 1.165) is 0 Å². The first-order valence-corrected chi connectivity index (χ1v) is 3.78. The van der Waals surface area contributed by atoms with Gasteiger partial charge in [-0.15, -0.1) is 0 Å². The lowest BCUT2D eigenvalue weighted by atomic mass is 10.3. The Kier molecular flexibility index (Phi) is 4.54. The van der Waals surface area contributed by atoms with Gasteiger partial charge in [-0.1, -0.05) is 6.58 Å². The van der Waals surface area contributed by atoms with Crippen molar-refractivity contribution in [2.24, 2.45) is 0 Å². The molecule has 1 N–H and O–H groups in total. The smallest absolute Gasteiger partial charge is 0.363 e. The zero-order chi connectivity index (χ0) is 14.1. The van der Waals surface area contributed by atoms with Crippen LogP contribution in [0, 0.1) is 0 Å². The predicted molar refractivity (Wildman–Crippen MR) is 39.2 cm³/mol. The second-order valence-electron chi connectivity index (χ2n) is 2.75. The molecule has 2 atom stereocenters. The first-order chi connectivity index (χ1) is 7.38. The summed E-state index contributed by atoms with van der Waals surface area (Å²) >= 11 is 0. The number of aliphatic hydroxyl groups is 1. The number of rotatable bonds is 5. The molecule has 0 aromatic heterocycles. The van der Waals surface area contributed by atoms with E-state index in [9.17, 15) is 30.7 Å². The molecule has 0 aromatic rings. The molecule has 0 saturated carbocycles. The van der Waals surface area contributed by atoms with Gasteiger partial charge >= 0.3 is 18.1 Å². The van der Waals surface area contributed by atoms with Gasteiger partial charge < -0.3 is 9.84 Å². The van der Waals surface area contributed by atoms with Gasteiger partial charge in [-0.2, -0.15) is 26.3 Å². The third-order valence-corrected chi connectivity index (χ3v) is 1.52. The summed E-state index contributed by atoms with van der Waals surface area (Å²) in [5.41, 5.74) is 0. The lowest BCUT2D eigenvalue weighted by Gasteiger charge is -2.33. The molecule has 17 heavy (non-hydrogen) atoms. The fourth-order valence-electron chi connectivity index (χ4n) is 0.642. The van der Waals surface area contributed by atoms with Gasteiger partial charge in [0.1, 0.15) is 0 Å². The highest BCUT2D eigenvalue weighted by molar-refractivity contribution is 4.94.